The van der Waals surface area contributed by atoms with Gasteiger partial charge in [-0.05, 0) is 50.2 Å². The molecule has 0 aliphatic rings. The van der Waals surface area contributed by atoms with Gasteiger partial charge in [0.2, 0.25) is 0 Å². The summed E-state index contributed by atoms with van der Waals surface area (Å²) in [6, 6.07) is 11.4. The lowest BCUT2D eigenvalue weighted by molar-refractivity contribution is 0.615. The van der Waals surface area contributed by atoms with Gasteiger partial charge in [0.15, 0.2) is 0 Å². The Balaban J connectivity index is 2.49. The Kier molecular flexibility index (Phi) is 4.38. The number of hydrogen-bond acceptors (Lipinski definition) is 1. The van der Waals surface area contributed by atoms with Crippen LogP contribution in [0.4, 0.5) is 4.39 Å². The van der Waals surface area contributed by atoms with Gasteiger partial charge in [0, 0.05) is 4.47 Å². The normalized spacial score (nSPS) is 12.5. The average Bonchev–Trinajstić information content (AvgIpc) is 2.27. The Bertz CT molecular complexity index is 503. The Labute approximate surface area is 122 Å². The van der Waals surface area contributed by atoms with Crippen LogP contribution in [0.15, 0.2) is 40.9 Å². The van der Waals surface area contributed by atoms with Crippen molar-refractivity contribution in [3.63, 3.8) is 0 Å². The van der Waals surface area contributed by atoms with Crippen molar-refractivity contribution in [3.8, 4) is 0 Å². The molecule has 19 heavy (non-hydrogen) atoms. The van der Waals surface area contributed by atoms with Crippen LogP contribution < -0.4 is 5.32 Å². The fourth-order valence-electron chi connectivity index (χ4n) is 2.44. The number of nitrogens with one attached hydrogen (secondary N) is 1. The molecule has 0 spiro atoms. The highest BCUT2D eigenvalue weighted by Gasteiger charge is 2.14. The number of halogens is 2. The van der Waals surface area contributed by atoms with Gasteiger partial charge in [-0.25, -0.2) is 4.39 Å². The van der Waals surface area contributed by atoms with Crippen LogP contribution in [-0.2, 0) is 0 Å². The summed E-state index contributed by atoms with van der Waals surface area (Å²) in [5, 5.41) is 3.26. The van der Waals surface area contributed by atoms with Crippen molar-refractivity contribution in [3.05, 3.63) is 68.9 Å². The summed E-state index contributed by atoms with van der Waals surface area (Å²) in [6.45, 7) is 4.15. The molecule has 0 aliphatic heterocycles. The monoisotopic (exact) mass is 321 g/mol. The zero-order valence-corrected chi connectivity index (χ0v) is 12.9. The number of aryl methyl sites for hydroxylation is 2. The van der Waals surface area contributed by atoms with E-state index >= 15 is 0 Å². The predicted octanol–water partition coefficient (Wildman–Crippen LogP) is 4.51. The van der Waals surface area contributed by atoms with E-state index in [1.807, 2.05) is 13.1 Å². The molecule has 0 amide bonds. The van der Waals surface area contributed by atoms with Gasteiger partial charge in [-0.1, -0.05) is 45.3 Å². The summed E-state index contributed by atoms with van der Waals surface area (Å²) in [4.78, 5) is 0. The lowest BCUT2D eigenvalue weighted by Crippen LogP contribution is -2.18. The largest absolute Gasteiger partial charge is 0.309 e. The minimum Gasteiger partial charge on any atom is -0.309 e. The highest BCUT2D eigenvalue weighted by Crippen LogP contribution is 2.26. The number of rotatable bonds is 3. The summed E-state index contributed by atoms with van der Waals surface area (Å²) < 4.78 is 14.3. The van der Waals surface area contributed by atoms with E-state index in [0.717, 1.165) is 15.6 Å². The Hall–Kier alpha value is -1.19. The summed E-state index contributed by atoms with van der Waals surface area (Å²) in [5.74, 6) is -0.228. The van der Waals surface area contributed by atoms with Gasteiger partial charge in [-0.15, -0.1) is 0 Å². The van der Waals surface area contributed by atoms with Crippen LogP contribution in [0.5, 0.6) is 0 Å². The molecule has 1 N–H and O–H groups in total. The molecular weight excluding hydrogens is 305 g/mol. The zero-order chi connectivity index (χ0) is 14.0. The molecule has 0 radical (unpaired) electrons. The lowest BCUT2D eigenvalue weighted by atomic mass is 9.96. The van der Waals surface area contributed by atoms with Gasteiger partial charge in [0.1, 0.15) is 5.82 Å². The van der Waals surface area contributed by atoms with E-state index in [4.69, 9.17) is 0 Å². The summed E-state index contributed by atoms with van der Waals surface area (Å²) in [7, 11) is 1.89. The first-order chi connectivity index (χ1) is 8.99. The highest BCUT2D eigenvalue weighted by atomic mass is 79.9. The summed E-state index contributed by atoms with van der Waals surface area (Å²) in [5.41, 5.74) is 4.49. The van der Waals surface area contributed by atoms with Gasteiger partial charge in [0.05, 0.1) is 6.04 Å². The Morgan fingerprint density at radius 1 is 0.947 bits per heavy atom. The van der Waals surface area contributed by atoms with Crippen molar-refractivity contribution in [1.29, 1.82) is 0 Å². The van der Waals surface area contributed by atoms with Gasteiger partial charge in [0.25, 0.3) is 0 Å². The maximum Gasteiger partial charge on any atom is 0.124 e. The van der Waals surface area contributed by atoms with E-state index in [1.165, 1.54) is 17.2 Å². The first kappa shape index (κ1) is 14.2. The Morgan fingerprint density at radius 2 is 1.53 bits per heavy atom. The molecule has 2 aromatic carbocycles. The minimum atomic E-state index is -0.228. The van der Waals surface area contributed by atoms with E-state index in [2.05, 4.69) is 53.3 Å². The molecule has 0 saturated carbocycles. The smallest absolute Gasteiger partial charge is 0.124 e. The van der Waals surface area contributed by atoms with Gasteiger partial charge >= 0.3 is 0 Å². The van der Waals surface area contributed by atoms with Crippen molar-refractivity contribution in [2.75, 3.05) is 7.05 Å². The van der Waals surface area contributed by atoms with E-state index in [0.29, 0.717) is 0 Å². The fraction of sp³-hybridized carbons (Fsp3) is 0.250. The zero-order valence-electron chi connectivity index (χ0n) is 11.3. The lowest BCUT2D eigenvalue weighted by Gasteiger charge is -2.19. The van der Waals surface area contributed by atoms with E-state index in [1.54, 1.807) is 6.07 Å². The summed E-state index contributed by atoms with van der Waals surface area (Å²) in [6.07, 6.45) is 0. The van der Waals surface area contributed by atoms with Crippen LogP contribution >= 0.6 is 15.9 Å². The van der Waals surface area contributed by atoms with Crippen molar-refractivity contribution >= 4 is 15.9 Å². The molecule has 2 aromatic rings. The standard InChI is InChI=1S/C16H17BrFN/c1-10-4-11(2)6-12(5-10)16(19-3)13-7-14(17)9-15(18)8-13/h4-9,16,19H,1-3H3. The molecule has 0 bridgehead atoms. The van der Waals surface area contributed by atoms with E-state index in [-0.39, 0.29) is 11.9 Å². The van der Waals surface area contributed by atoms with Gasteiger partial charge < -0.3 is 5.32 Å². The molecular formula is C16H17BrFN. The third kappa shape index (κ3) is 3.43. The maximum absolute atomic E-state index is 13.5. The first-order valence-corrected chi connectivity index (χ1v) is 7.00. The molecule has 100 valence electrons. The topological polar surface area (TPSA) is 12.0 Å². The number of hydrogen-bond donors (Lipinski definition) is 1. The molecule has 1 unspecified atom stereocenters. The van der Waals surface area contributed by atoms with E-state index in [9.17, 15) is 4.39 Å². The maximum atomic E-state index is 13.5. The van der Waals surface area contributed by atoms with Crippen LogP contribution in [0.3, 0.4) is 0 Å². The van der Waals surface area contributed by atoms with Crippen LogP contribution in [0, 0.1) is 19.7 Å². The summed E-state index contributed by atoms with van der Waals surface area (Å²) >= 11 is 3.34. The fourth-order valence-corrected chi connectivity index (χ4v) is 2.93. The molecule has 0 heterocycles. The van der Waals surface area contributed by atoms with Gasteiger partial charge in [-0.2, -0.15) is 0 Å². The second-order valence-electron chi connectivity index (χ2n) is 4.85. The Morgan fingerprint density at radius 3 is 2.05 bits per heavy atom. The molecule has 0 aliphatic carbocycles. The van der Waals surface area contributed by atoms with Gasteiger partial charge in [-0.3, -0.25) is 0 Å². The first-order valence-electron chi connectivity index (χ1n) is 6.21. The molecule has 0 saturated heterocycles. The van der Waals surface area contributed by atoms with E-state index < -0.39 is 0 Å². The minimum absolute atomic E-state index is 0.00870. The number of benzene rings is 2. The van der Waals surface area contributed by atoms with Crippen LogP contribution in [0.2, 0.25) is 0 Å². The van der Waals surface area contributed by atoms with Crippen LogP contribution in [0.25, 0.3) is 0 Å². The molecule has 1 nitrogen and oxygen atoms in total. The van der Waals surface area contributed by atoms with Crippen molar-refractivity contribution in [1.82, 2.24) is 5.32 Å². The van der Waals surface area contributed by atoms with Crippen LogP contribution in [0.1, 0.15) is 28.3 Å². The molecule has 0 fully saturated rings. The van der Waals surface area contributed by atoms with Crippen molar-refractivity contribution in [2.24, 2.45) is 0 Å². The molecule has 0 aromatic heterocycles. The molecule has 2 rings (SSSR count). The second-order valence-corrected chi connectivity index (χ2v) is 5.76. The van der Waals surface area contributed by atoms with Crippen molar-refractivity contribution < 1.29 is 4.39 Å². The quantitative estimate of drug-likeness (QED) is 0.876. The molecule has 3 heteroatoms. The SMILES string of the molecule is CNC(c1cc(C)cc(C)c1)c1cc(F)cc(Br)c1. The second kappa shape index (κ2) is 5.85. The average molecular weight is 322 g/mol. The highest BCUT2D eigenvalue weighted by molar-refractivity contribution is 9.10. The molecule has 1 atom stereocenters. The third-order valence-corrected chi connectivity index (χ3v) is 3.54. The third-order valence-electron chi connectivity index (χ3n) is 3.08. The predicted molar refractivity (Wildman–Crippen MR) is 80.9 cm³/mol. The van der Waals surface area contributed by atoms with Crippen LogP contribution in [-0.4, -0.2) is 7.05 Å². The van der Waals surface area contributed by atoms with Crippen molar-refractivity contribution in [2.45, 2.75) is 19.9 Å².